The molecule has 0 saturated carbocycles. The van der Waals surface area contributed by atoms with E-state index in [1.807, 2.05) is 13.0 Å². The minimum absolute atomic E-state index is 0.0441. The van der Waals surface area contributed by atoms with Gasteiger partial charge in [-0.3, -0.25) is 4.79 Å². The summed E-state index contributed by atoms with van der Waals surface area (Å²) in [5.74, 6) is -5.07. The third kappa shape index (κ3) is 6.20. The minimum atomic E-state index is -1.63. The number of hydrogen-bond donors (Lipinski definition) is 4. The highest BCUT2D eigenvalue weighted by molar-refractivity contribution is 9.10. The lowest BCUT2D eigenvalue weighted by atomic mass is 9.90. The number of anilines is 1. The van der Waals surface area contributed by atoms with E-state index in [-0.39, 0.29) is 17.8 Å². The summed E-state index contributed by atoms with van der Waals surface area (Å²) >= 11 is 3.47. The molecule has 0 aliphatic carbocycles. The zero-order valence-electron chi connectivity index (χ0n) is 23.2. The van der Waals surface area contributed by atoms with Crippen molar-refractivity contribution in [3.8, 4) is 11.3 Å². The highest BCUT2D eigenvalue weighted by Gasteiger charge is 2.52. The van der Waals surface area contributed by atoms with Gasteiger partial charge in [-0.15, -0.1) is 5.10 Å². The topological polar surface area (TPSA) is 142 Å². The van der Waals surface area contributed by atoms with Crippen LogP contribution in [0.2, 0.25) is 0 Å². The van der Waals surface area contributed by atoms with E-state index in [1.54, 1.807) is 12.1 Å². The van der Waals surface area contributed by atoms with Crippen molar-refractivity contribution < 1.29 is 42.8 Å². The molecule has 1 aromatic heterocycles. The number of benzene rings is 2. The predicted octanol–water partition coefficient (Wildman–Crippen LogP) is 1.87. The Labute approximate surface area is 253 Å². The van der Waals surface area contributed by atoms with Gasteiger partial charge < -0.3 is 35.0 Å². The number of methoxy groups -OCH3 is 1. The fraction of sp³-hybridized carbons (Fsp3) is 0.464. The molecule has 3 aromatic rings. The normalized spacial score (nSPS) is 27.7. The molecule has 5 rings (SSSR count). The number of nitrogens with one attached hydrogen (secondary N) is 1. The molecular weight excluding hydrogens is 639 g/mol. The Balaban J connectivity index is 1.55. The summed E-state index contributed by atoms with van der Waals surface area (Å²) in [6.07, 6.45) is -4.54. The van der Waals surface area contributed by atoms with Crippen LogP contribution in [0.25, 0.3) is 11.3 Å². The Kier molecular flexibility index (Phi) is 9.51. The zero-order chi connectivity index (χ0) is 31.0. The summed E-state index contributed by atoms with van der Waals surface area (Å²) in [7, 11) is 1.31. The van der Waals surface area contributed by atoms with Gasteiger partial charge in [0.1, 0.15) is 30.0 Å². The van der Waals surface area contributed by atoms with Crippen molar-refractivity contribution in [1.82, 2.24) is 20.3 Å². The molecule has 2 aliphatic heterocycles. The Hall–Kier alpha value is -2.92. The van der Waals surface area contributed by atoms with E-state index in [0.29, 0.717) is 23.1 Å². The number of halogens is 4. The fourth-order valence-electron chi connectivity index (χ4n) is 5.68. The molecule has 4 N–H and O–H groups in total. The number of piperidine rings is 1. The maximum atomic E-state index is 14.5. The molecule has 15 heteroatoms. The summed E-state index contributed by atoms with van der Waals surface area (Å²) in [6, 6.07) is 5.05. The van der Waals surface area contributed by atoms with Crippen molar-refractivity contribution in [2.45, 2.75) is 55.9 Å². The SMILES string of the molecule is CO[C@@H]1[C@@H](n2cc(-c3cc(F)c(F)c(F)c3)nn2)[C@@H](O)[C@@H](CO)O[C@H]1C(=O)N(c1cc(C)cc(Br)c1)[C@@H]1CNCC[C@H]1O. The lowest BCUT2D eigenvalue weighted by Crippen LogP contribution is -2.64. The van der Waals surface area contributed by atoms with E-state index in [0.717, 1.165) is 22.4 Å². The van der Waals surface area contributed by atoms with Crippen molar-refractivity contribution in [1.29, 1.82) is 0 Å². The molecule has 7 atom stereocenters. The molecule has 0 spiro atoms. The first-order valence-corrected chi connectivity index (χ1v) is 14.4. The quantitative estimate of drug-likeness (QED) is 0.277. The molecule has 2 fully saturated rings. The molecule has 43 heavy (non-hydrogen) atoms. The van der Waals surface area contributed by atoms with Gasteiger partial charge in [0, 0.05) is 29.4 Å². The molecular formula is C28H31BrF3N5O6. The van der Waals surface area contributed by atoms with E-state index in [1.165, 1.54) is 18.2 Å². The first-order valence-electron chi connectivity index (χ1n) is 13.6. The van der Waals surface area contributed by atoms with Crippen molar-refractivity contribution in [2.24, 2.45) is 0 Å². The second-order valence-corrected chi connectivity index (χ2v) is 11.5. The number of nitrogens with zero attached hydrogens (tertiary/aromatic N) is 4. The standard InChI is InChI=1S/C28H31BrF3N5O6/c1-13-5-15(29)9-16(6-13)37(20-10-33-4-3-21(20)39)28(41)27-26(42-2)24(25(40)22(12-38)43-27)36-11-19(34-35-36)14-7-17(30)23(32)18(31)8-14/h5-9,11,20-22,24-27,33,38-40H,3-4,10,12H2,1-2H3/t20-,21-,22-,24+,25+,26-,27-/m1/s1. The van der Waals surface area contributed by atoms with Crippen molar-refractivity contribution in [2.75, 3.05) is 31.7 Å². The summed E-state index contributed by atoms with van der Waals surface area (Å²) in [5.41, 5.74) is 1.17. The molecule has 11 nitrogen and oxygen atoms in total. The molecule has 2 aliphatic rings. The average molecular weight is 670 g/mol. The number of amides is 1. The van der Waals surface area contributed by atoms with Crippen LogP contribution in [0, 0.1) is 24.4 Å². The van der Waals surface area contributed by atoms with Gasteiger partial charge in [-0.2, -0.15) is 0 Å². The third-order valence-corrected chi connectivity index (χ3v) is 8.22. The number of aromatic nitrogens is 3. The summed E-state index contributed by atoms with van der Waals surface area (Å²) in [4.78, 5) is 15.9. The first kappa shape index (κ1) is 31.5. The van der Waals surface area contributed by atoms with Gasteiger partial charge in [0.2, 0.25) is 0 Å². The fourth-order valence-corrected chi connectivity index (χ4v) is 6.28. The molecule has 2 saturated heterocycles. The van der Waals surface area contributed by atoms with Gasteiger partial charge >= 0.3 is 0 Å². The number of aliphatic hydroxyl groups is 3. The van der Waals surface area contributed by atoms with Crippen LogP contribution in [0.15, 0.2) is 41.0 Å². The van der Waals surface area contributed by atoms with Gasteiger partial charge in [0.25, 0.3) is 5.91 Å². The molecule has 0 bridgehead atoms. The average Bonchev–Trinajstić information content (AvgIpc) is 3.45. The molecule has 2 aromatic carbocycles. The summed E-state index contributed by atoms with van der Waals surface area (Å²) < 4.78 is 54.9. The van der Waals surface area contributed by atoms with E-state index in [2.05, 4.69) is 31.6 Å². The van der Waals surface area contributed by atoms with Crippen LogP contribution in [0.1, 0.15) is 18.0 Å². The molecule has 3 heterocycles. The lowest BCUT2D eigenvalue weighted by Gasteiger charge is -2.46. The Morgan fingerprint density at radius 3 is 2.56 bits per heavy atom. The number of aryl methyl sites for hydroxylation is 1. The highest BCUT2D eigenvalue weighted by atomic mass is 79.9. The number of carbonyl (C=O) groups excluding carboxylic acids is 1. The lowest BCUT2D eigenvalue weighted by molar-refractivity contribution is -0.211. The second kappa shape index (κ2) is 13.0. The van der Waals surface area contributed by atoms with Crippen molar-refractivity contribution in [3.05, 3.63) is 64.0 Å². The minimum Gasteiger partial charge on any atom is -0.394 e. The van der Waals surface area contributed by atoms with Gasteiger partial charge in [0.05, 0.1) is 24.9 Å². The monoisotopic (exact) mass is 669 g/mol. The van der Waals surface area contributed by atoms with Crippen molar-refractivity contribution in [3.63, 3.8) is 0 Å². The first-order chi connectivity index (χ1) is 20.5. The van der Waals surface area contributed by atoms with Crippen LogP contribution in [0.4, 0.5) is 18.9 Å². The van der Waals surface area contributed by atoms with Crippen LogP contribution in [0.3, 0.4) is 0 Å². The highest BCUT2D eigenvalue weighted by Crippen LogP contribution is 2.36. The van der Waals surface area contributed by atoms with E-state index < -0.39 is 72.6 Å². The predicted molar refractivity (Wildman–Crippen MR) is 151 cm³/mol. The van der Waals surface area contributed by atoms with E-state index in [9.17, 15) is 33.3 Å². The smallest absolute Gasteiger partial charge is 0.259 e. The van der Waals surface area contributed by atoms with Crippen molar-refractivity contribution >= 4 is 27.5 Å². The van der Waals surface area contributed by atoms with Gasteiger partial charge in [0.15, 0.2) is 23.6 Å². The van der Waals surface area contributed by atoms with Gasteiger partial charge in [-0.05, 0) is 55.8 Å². The Bertz CT molecular complexity index is 1440. The Morgan fingerprint density at radius 1 is 1.21 bits per heavy atom. The number of hydrogen-bond acceptors (Lipinski definition) is 9. The third-order valence-electron chi connectivity index (χ3n) is 7.77. The molecule has 1 amide bonds. The zero-order valence-corrected chi connectivity index (χ0v) is 24.8. The van der Waals surface area contributed by atoms with E-state index in [4.69, 9.17) is 9.47 Å². The summed E-state index contributed by atoms with van der Waals surface area (Å²) in [6.45, 7) is 2.04. The number of ether oxygens (including phenoxy) is 2. The molecule has 0 radical (unpaired) electrons. The maximum absolute atomic E-state index is 14.5. The molecule has 0 unspecified atom stereocenters. The number of rotatable bonds is 7. The summed E-state index contributed by atoms with van der Waals surface area (Å²) in [5, 5.41) is 43.4. The van der Waals surface area contributed by atoms with Gasteiger partial charge in [-0.25, -0.2) is 17.9 Å². The van der Waals surface area contributed by atoms with Crippen LogP contribution >= 0.6 is 15.9 Å². The number of aliphatic hydroxyl groups excluding tert-OH is 3. The van der Waals surface area contributed by atoms with Crippen LogP contribution < -0.4 is 10.2 Å². The van der Waals surface area contributed by atoms with Crippen LogP contribution in [0.5, 0.6) is 0 Å². The molecule has 232 valence electrons. The largest absolute Gasteiger partial charge is 0.394 e. The number of carbonyl (C=O) groups is 1. The van der Waals surface area contributed by atoms with E-state index >= 15 is 0 Å². The second-order valence-electron chi connectivity index (χ2n) is 10.6. The van der Waals surface area contributed by atoms with Gasteiger partial charge in [-0.1, -0.05) is 21.1 Å². The van der Waals surface area contributed by atoms with Crippen LogP contribution in [-0.4, -0.2) is 99.6 Å². The Morgan fingerprint density at radius 2 is 1.93 bits per heavy atom. The van der Waals surface area contributed by atoms with Crippen LogP contribution in [-0.2, 0) is 14.3 Å². The maximum Gasteiger partial charge on any atom is 0.259 e.